The largest absolute Gasteiger partial charge is 0.465 e. The first kappa shape index (κ1) is 21.5. The Morgan fingerprint density at radius 2 is 1.90 bits per heavy atom. The second-order valence-electron chi connectivity index (χ2n) is 7.49. The molecule has 0 spiro atoms. The Hall–Kier alpha value is -2.75. The number of morpholine rings is 1. The summed E-state index contributed by atoms with van der Waals surface area (Å²) in [4.78, 5) is 41.1. The number of nitrogens with zero attached hydrogens (tertiary/aromatic N) is 1. The van der Waals surface area contributed by atoms with E-state index in [-0.39, 0.29) is 23.9 Å². The molecule has 31 heavy (non-hydrogen) atoms. The Bertz CT molecular complexity index is 997. The van der Waals surface area contributed by atoms with Crippen LogP contribution >= 0.6 is 11.3 Å². The molecule has 4 rings (SSSR count). The van der Waals surface area contributed by atoms with Gasteiger partial charge in [0.15, 0.2) is 0 Å². The first-order valence-corrected chi connectivity index (χ1v) is 11.1. The molecule has 1 fully saturated rings. The maximum Gasteiger partial charge on any atom is 0.339 e. The maximum atomic E-state index is 13.3. The van der Waals surface area contributed by atoms with Crippen LogP contribution in [0.3, 0.4) is 0 Å². The Labute approximate surface area is 184 Å². The minimum absolute atomic E-state index is 0.147. The van der Waals surface area contributed by atoms with Gasteiger partial charge in [0.05, 0.1) is 43.7 Å². The molecule has 1 aliphatic carbocycles. The number of hydrogen-bond acceptors (Lipinski definition) is 7. The topological polar surface area (TPSA) is 97.0 Å². The number of thiophene rings is 1. The van der Waals surface area contributed by atoms with E-state index < -0.39 is 5.97 Å². The molecule has 0 unspecified atom stereocenters. The van der Waals surface area contributed by atoms with Crippen molar-refractivity contribution in [2.75, 3.05) is 50.6 Å². The number of ether oxygens (including phenoxy) is 2. The number of rotatable bonds is 6. The molecule has 1 saturated heterocycles. The molecule has 0 radical (unpaired) electrons. The highest BCUT2D eigenvalue weighted by atomic mass is 32.1. The molecule has 2 heterocycles. The number of para-hydroxylation sites is 1. The van der Waals surface area contributed by atoms with Crippen LogP contribution < -0.4 is 10.6 Å². The van der Waals surface area contributed by atoms with Gasteiger partial charge in [0.1, 0.15) is 5.00 Å². The summed E-state index contributed by atoms with van der Waals surface area (Å²) in [6.07, 6.45) is 2.69. The summed E-state index contributed by atoms with van der Waals surface area (Å²) in [5.74, 6) is -1.01. The lowest BCUT2D eigenvalue weighted by Gasteiger charge is -2.25. The normalized spacial score (nSPS) is 15.9. The molecule has 1 aliphatic heterocycles. The lowest BCUT2D eigenvalue weighted by molar-refractivity contribution is -0.118. The standard InChI is InChI=1S/C22H25N3O5S/c1-29-22(28)14-5-2-3-7-16(14)23-20(27)19-15-6-4-8-17(15)31-21(19)24-18(26)13-25-9-11-30-12-10-25/h2-3,5,7H,4,6,8-13H2,1H3,(H,23,27)(H,24,26). The van der Waals surface area contributed by atoms with Gasteiger partial charge in [-0.25, -0.2) is 4.79 Å². The monoisotopic (exact) mass is 443 g/mol. The third kappa shape index (κ3) is 4.79. The summed E-state index contributed by atoms with van der Waals surface area (Å²) in [6, 6.07) is 6.71. The average Bonchev–Trinajstić information content (AvgIpc) is 3.35. The molecule has 2 amide bonds. The molecule has 2 N–H and O–H groups in total. The molecular weight excluding hydrogens is 418 g/mol. The Morgan fingerprint density at radius 3 is 2.68 bits per heavy atom. The van der Waals surface area contributed by atoms with Crippen molar-refractivity contribution in [1.82, 2.24) is 4.90 Å². The minimum Gasteiger partial charge on any atom is -0.465 e. The second kappa shape index (κ2) is 9.59. The highest BCUT2D eigenvalue weighted by Gasteiger charge is 2.28. The van der Waals surface area contributed by atoms with Gasteiger partial charge < -0.3 is 20.1 Å². The van der Waals surface area contributed by atoms with Crippen LogP contribution in [0.5, 0.6) is 0 Å². The smallest absolute Gasteiger partial charge is 0.339 e. The SMILES string of the molecule is COC(=O)c1ccccc1NC(=O)c1c(NC(=O)CN2CCOCC2)sc2c1CCC2. The molecule has 9 heteroatoms. The quantitative estimate of drug-likeness (QED) is 0.666. The van der Waals surface area contributed by atoms with E-state index in [1.165, 1.54) is 18.4 Å². The molecule has 1 aromatic carbocycles. The summed E-state index contributed by atoms with van der Waals surface area (Å²) >= 11 is 1.47. The number of carbonyl (C=O) groups is 3. The van der Waals surface area contributed by atoms with Gasteiger partial charge in [-0.3, -0.25) is 14.5 Å². The van der Waals surface area contributed by atoms with E-state index in [9.17, 15) is 14.4 Å². The van der Waals surface area contributed by atoms with Gasteiger partial charge in [-0.1, -0.05) is 12.1 Å². The first-order valence-electron chi connectivity index (χ1n) is 10.3. The van der Waals surface area contributed by atoms with Crippen molar-refractivity contribution < 1.29 is 23.9 Å². The van der Waals surface area contributed by atoms with Crippen molar-refractivity contribution in [3.8, 4) is 0 Å². The Balaban J connectivity index is 1.55. The van der Waals surface area contributed by atoms with Crippen LogP contribution in [0.15, 0.2) is 24.3 Å². The fourth-order valence-corrected chi connectivity index (χ4v) is 5.23. The number of amides is 2. The summed E-state index contributed by atoms with van der Waals surface area (Å²) in [5, 5.41) is 6.35. The molecule has 0 saturated carbocycles. The summed E-state index contributed by atoms with van der Waals surface area (Å²) < 4.78 is 10.1. The van der Waals surface area contributed by atoms with Crippen LogP contribution in [0.2, 0.25) is 0 Å². The van der Waals surface area contributed by atoms with Crippen molar-refractivity contribution >= 4 is 39.8 Å². The molecule has 8 nitrogen and oxygen atoms in total. The van der Waals surface area contributed by atoms with Crippen LogP contribution in [0.4, 0.5) is 10.7 Å². The van der Waals surface area contributed by atoms with Crippen molar-refractivity contribution in [3.63, 3.8) is 0 Å². The van der Waals surface area contributed by atoms with E-state index in [4.69, 9.17) is 9.47 Å². The predicted octanol–water partition coefficient (Wildman–Crippen LogP) is 2.55. The zero-order chi connectivity index (χ0) is 21.8. The zero-order valence-corrected chi connectivity index (χ0v) is 18.2. The van der Waals surface area contributed by atoms with E-state index in [0.29, 0.717) is 42.6 Å². The van der Waals surface area contributed by atoms with Crippen LogP contribution in [0, 0.1) is 0 Å². The summed E-state index contributed by atoms with van der Waals surface area (Å²) in [5.41, 5.74) is 2.14. The second-order valence-corrected chi connectivity index (χ2v) is 8.59. The van der Waals surface area contributed by atoms with E-state index in [1.54, 1.807) is 24.3 Å². The molecular formula is C22H25N3O5S. The third-order valence-electron chi connectivity index (χ3n) is 5.45. The third-order valence-corrected chi connectivity index (χ3v) is 6.66. The fourth-order valence-electron chi connectivity index (χ4n) is 3.93. The molecule has 2 aliphatic rings. The van der Waals surface area contributed by atoms with Crippen LogP contribution in [0.1, 0.15) is 37.6 Å². The van der Waals surface area contributed by atoms with E-state index in [2.05, 4.69) is 10.6 Å². The van der Waals surface area contributed by atoms with Crippen LogP contribution in [0.25, 0.3) is 0 Å². The number of anilines is 2. The van der Waals surface area contributed by atoms with Crippen LogP contribution in [-0.2, 0) is 27.1 Å². The van der Waals surface area contributed by atoms with E-state index in [0.717, 1.165) is 29.7 Å². The number of benzene rings is 1. The van der Waals surface area contributed by atoms with Gasteiger partial charge in [-0.15, -0.1) is 11.3 Å². The van der Waals surface area contributed by atoms with Crippen molar-refractivity contribution in [2.45, 2.75) is 19.3 Å². The number of nitrogens with one attached hydrogen (secondary N) is 2. The molecule has 2 aromatic rings. The number of fused-ring (bicyclic) bond motifs is 1. The number of carbonyl (C=O) groups excluding carboxylic acids is 3. The fraction of sp³-hybridized carbons (Fsp3) is 0.409. The highest BCUT2D eigenvalue weighted by molar-refractivity contribution is 7.17. The number of esters is 1. The van der Waals surface area contributed by atoms with Gasteiger partial charge >= 0.3 is 5.97 Å². The number of methoxy groups -OCH3 is 1. The zero-order valence-electron chi connectivity index (χ0n) is 17.4. The molecule has 0 atom stereocenters. The van der Waals surface area contributed by atoms with E-state index >= 15 is 0 Å². The van der Waals surface area contributed by atoms with Gasteiger partial charge in [0.25, 0.3) is 5.91 Å². The number of hydrogen-bond donors (Lipinski definition) is 2. The van der Waals surface area contributed by atoms with Crippen LogP contribution in [-0.4, -0.2) is 62.6 Å². The van der Waals surface area contributed by atoms with Gasteiger partial charge in [-0.2, -0.15) is 0 Å². The van der Waals surface area contributed by atoms with Crippen molar-refractivity contribution in [3.05, 3.63) is 45.8 Å². The Kier molecular flexibility index (Phi) is 6.64. The molecule has 1 aromatic heterocycles. The first-order chi connectivity index (χ1) is 15.1. The molecule has 0 bridgehead atoms. The van der Waals surface area contributed by atoms with E-state index in [1.807, 2.05) is 4.90 Å². The molecule has 164 valence electrons. The maximum absolute atomic E-state index is 13.3. The van der Waals surface area contributed by atoms with Crippen molar-refractivity contribution in [1.29, 1.82) is 0 Å². The summed E-state index contributed by atoms with van der Waals surface area (Å²) in [6.45, 7) is 2.93. The highest BCUT2D eigenvalue weighted by Crippen LogP contribution is 2.39. The van der Waals surface area contributed by atoms with Gasteiger partial charge in [-0.05, 0) is 37.0 Å². The summed E-state index contributed by atoms with van der Waals surface area (Å²) in [7, 11) is 1.30. The van der Waals surface area contributed by atoms with Crippen molar-refractivity contribution in [2.24, 2.45) is 0 Å². The Morgan fingerprint density at radius 1 is 1.13 bits per heavy atom. The van der Waals surface area contributed by atoms with Gasteiger partial charge in [0, 0.05) is 18.0 Å². The van der Waals surface area contributed by atoms with Gasteiger partial charge in [0.2, 0.25) is 5.91 Å². The lowest BCUT2D eigenvalue weighted by atomic mass is 10.1. The lowest BCUT2D eigenvalue weighted by Crippen LogP contribution is -2.41. The average molecular weight is 444 g/mol. The number of aryl methyl sites for hydroxylation is 1. The predicted molar refractivity (Wildman–Crippen MR) is 118 cm³/mol. The minimum atomic E-state index is -0.523.